The molecule has 92 valence electrons. The minimum atomic E-state index is 0.0205. The lowest BCUT2D eigenvalue weighted by molar-refractivity contribution is 0.0785. The summed E-state index contributed by atoms with van der Waals surface area (Å²) in [6.45, 7) is 0.613. The van der Waals surface area contributed by atoms with Crippen LogP contribution in [-0.4, -0.2) is 17.9 Å². The Labute approximate surface area is 113 Å². The van der Waals surface area contributed by atoms with Gasteiger partial charge < -0.3 is 4.90 Å². The Kier molecular flexibility index (Phi) is 4.05. The first kappa shape index (κ1) is 12.7. The third-order valence-electron chi connectivity index (χ3n) is 2.72. The molecule has 0 bridgehead atoms. The minimum Gasteiger partial charge on any atom is -0.337 e. The molecule has 0 spiro atoms. The van der Waals surface area contributed by atoms with Crippen molar-refractivity contribution in [2.75, 3.05) is 7.05 Å². The number of hydrogen-bond donors (Lipinski definition) is 1. The first-order valence-corrected chi connectivity index (χ1v) is 6.20. The van der Waals surface area contributed by atoms with E-state index in [2.05, 4.69) is 12.6 Å². The van der Waals surface area contributed by atoms with Crippen molar-refractivity contribution in [2.45, 2.75) is 11.4 Å². The van der Waals surface area contributed by atoms with Crippen LogP contribution in [0, 0.1) is 0 Å². The molecule has 0 aromatic heterocycles. The average Bonchev–Trinajstić information content (AvgIpc) is 2.40. The van der Waals surface area contributed by atoms with Crippen LogP contribution in [0.2, 0.25) is 0 Å². The van der Waals surface area contributed by atoms with Crippen molar-refractivity contribution in [1.82, 2.24) is 4.90 Å². The summed E-state index contributed by atoms with van der Waals surface area (Å²) in [5.41, 5.74) is 1.81. The first-order valence-electron chi connectivity index (χ1n) is 5.75. The summed E-state index contributed by atoms with van der Waals surface area (Å²) in [5, 5.41) is 0. The number of carbonyl (C=O) groups is 1. The zero-order chi connectivity index (χ0) is 13.0. The van der Waals surface area contributed by atoms with Crippen molar-refractivity contribution in [3.8, 4) is 0 Å². The van der Waals surface area contributed by atoms with E-state index < -0.39 is 0 Å². The summed E-state index contributed by atoms with van der Waals surface area (Å²) in [7, 11) is 1.81. The molecule has 0 N–H and O–H groups in total. The molecule has 0 fully saturated rings. The zero-order valence-corrected chi connectivity index (χ0v) is 11.1. The van der Waals surface area contributed by atoms with Gasteiger partial charge in [0.2, 0.25) is 0 Å². The van der Waals surface area contributed by atoms with Crippen LogP contribution in [0.1, 0.15) is 15.9 Å². The Balaban J connectivity index is 2.07. The molecule has 2 aromatic rings. The molecule has 0 saturated heterocycles. The maximum absolute atomic E-state index is 12.2. The van der Waals surface area contributed by atoms with Gasteiger partial charge >= 0.3 is 0 Å². The van der Waals surface area contributed by atoms with E-state index in [1.807, 2.05) is 49.5 Å². The fourth-order valence-corrected chi connectivity index (χ4v) is 1.90. The number of amides is 1. The maximum atomic E-state index is 12.2. The second-order valence-corrected chi connectivity index (χ2v) is 4.71. The Morgan fingerprint density at radius 1 is 1.06 bits per heavy atom. The monoisotopic (exact) mass is 257 g/mol. The molecule has 0 saturated carbocycles. The van der Waals surface area contributed by atoms with Crippen LogP contribution < -0.4 is 0 Å². The Morgan fingerprint density at radius 3 is 2.28 bits per heavy atom. The molecule has 0 aliphatic rings. The largest absolute Gasteiger partial charge is 0.337 e. The molecule has 0 aliphatic carbocycles. The number of benzene rings is 2. The van der Waals surface area contributed by atoms with E-state index in [-0.39, 0.29) is 5.91 Å². The highest BCUT2D eigenvalue weighted by molar-refractivity contribution is 7.80. The molecular weight excluding hydrogens is 242 g/mol. The van der Waals surface area contributed by atoms with Crippen molar-refractivity contribution in [1.29, 1.82) is 0 Å². The van der Waals surface area contributed by atoms with Gasteiger partial charge in [0.15, 0.2) is 0 Å². The summed E-state index contributed by atoms with van der Waals surface area (Å²) in [5.74, 6) is 0.0205. The van der Waals surface area contributed by atoms with Gasteiger partial charge in [0.25, 0.3) is 5.91 Å². The van der Waals surface area contributed by atoms with E-state index in [1.165, 1.54) is 0 Å². The third-order valence-corrected chi connectivity index (χ3v) is 3.02. The summed E-state index contributed by atoms with van der Waals surface area (Å²) in [6, 6.07) is 17.2. The number of thiol groups is 1. The first-order chi connectivity index (χ1) is 8.66. The molecule has 0 radical (unpaired) electrons. The van der Waals surface area contributed by atoms with Crippen LogP contribution >= 0.6 is 12.6 Å². The lowest BCUT2D eigenvalue weighted by Gasteiger charge is -2.17. The van der Waals surface area contributed by atoms with E-state index >= 15 is 0 Å². The predicted molar refractivity (Wildman–Crippen MR) is 75.9 cm³/mol. The van der Waals surface area contributed by atoms with Gasteiger partial charge in [0, 0.05) is 24.1 Å². The van der Waals surface area contributed by atoms with E-state index in [0.717, 1.165) is 10.5 Å². The molecule has 2 rings (SSSR count). The maximum Gasteiger partial charge on any atom is 0.253 e. The highest BCUT2D eigenvalue weighted by Crippen LogP contribution is 2.11. The number of nitrogens with zero attached hydrogens (tertiary/aromatic N) is 1. The molecule has 2 aromatic carbocycles. The van der Waals surface area contributed by atoms with E-state index in [9.17, 15) is 4.79 Å². The molecule has 0 aliphatic heterocycles. The van der Waals surface area contributed by atoms with Crippen LogP contribution in [0.4, 0.5) is 0 Å². The fraction of sp³-hybridized carbons (Fsp3) is 0.133. The fourth-order valence-electron chi connectivity index (χ4n) is 1.75. The van der Waals surface area contributed by atoms with Gasteiger partial charge in [-0.3, -0.25) is 4.79 Å². The SMILES string of the molecule is CN(Cc1ccccc1)C(=O)c1ccc(S)cc1. The standard InChI is InChI=1S/C15H15NOS/c1-16(11-12-5-3-2-4-6-12)15(17)13-7-9-14(18)10-8-13/h2-10,18H,11H2,1H3. The molecular formula is C15H15NOS. The number of carbonyl (C=O) groups excluding carboxylic acids is 1. The molecule has 2 nitrogen and oxygen atoms in total. The zero-order valence-electron chi connectivity index (χ0n) is 10.2. The normalized spacial score (nSPS) is 10.1. The molecule has 1 amide bonds. The second-order valence-electron chi connectivity index (χ2n) is 4.19. The summed E-state index contributed by atoms with van der Waals surface area (Å²) in [4.78, 5) is 14.7. The van der Waals surface area contributed by atoms with Crippen LogP contribution in [0.5, 0.6) is 0 Å². The van der Waals surface area contributed by atoms with E-state index in [4.69, 9.17) is 0 Å². The van der Waals surface area contributed by atoms with Crippen molar-refractivity contribution in [3.63, 3.8) is 0 Å². The van der Waals surface area contributed by atoms with Crippen LogP contribution in [0.25, 0.3) is 0 Å². The highest BCUT2D eigenvalue weighted by atomic mass is 32.1. The number of hydrogen-bond acceptors (Lipinski definition) is 2. The second kappa shape index (κ2) is 5.74. The van der Waals surface area contributed by atoms with Gasteiger partial charge in [-0.2, -0.15) is 0 Å². The third kappa shape index (κ3) is 3.14. The molecule has 3 heteroatoms. The lowest BCUT2D eigenvalue weighted by Crippen LogP contribution is -2.26. The number of rotatable bonds is 3. The molecule has 18 heavy (non-hydrogen) atoms. The minimum absolute atomic E-state index is 0.0205. The summed E-state index contributed by atoms with van der Waals surface area (Å²) >= 11 is 4.21. The van der Waals surface area contributed by atoms with Crippen molar-refractivity contribution in [2.24, 2.45) is 0 Å². The van der Waals surface area contributed by atoms with Crippen LogP contribution in [0.3, 0.4) is 0 Å². The summed E-state index contributed by atoms with van der Waals surface area (Å²) < 4.78 is 0. The van der Waals surface area contributed by atoms with E-state index in [1.54, 1.807) is 17.0 Å². The van der Waals surface area contributed by atoms with Gasteiger partial charge in [0.1, 0.15) is 0 Å². The van der Waals surface area contributed by atoms with Gasteiger partial charge in [-0.05, 0) is 29.8 Å². The molecule has 0 unspecified atom stereocenters. The Bertz CT molecular complexity index is 522. The van der Waals surface area contributed by atoms with Crippen LogP contribution in [0.15, 0.2) is 59.5 Å². The topological polar surface area (TPSA) is 20.3 Å². The quantitative estimate of drug-likeness (QED) is 0.837. The van der Waals surface area contributed by atoms with Crippen molar-refractivity contribution in [3.05, 3.63) is 65.7 Å². The highest BCUT2D eigenvalue weighted by Gasteiger charge is 2.11. The van der Waals surface area contributed by atoms with Crippen LogP contribution in [-0.2, 0) is 6.54 Å². The molecule has 0 heterocycles. The van der Waals surface area contributed by atoms with Crippen molar-refractivity contribution < 1.29 is 4.79 Å². The lowest BCUT2D eigenvalue weighted by atomic mass is 10.1. The smallest absolute Gasteiger partial charge is 0.253 e. The van der Waals surface area contributed by atoms with Gasteiger partial charge in [-0.25, -0.2) is 0 Å². The Morgan fingerprint density at radius 2 is 1.67 bits per heavy atom. The van der Waals surface area contributed by atoms with Crippen molar-refractivity contribution >= 4 is 18.5 Å². The predicted octanol–water partition coefficient (Wildman–Crippen LogP) is 3.25. The summed E-state index contributed by atoms with van der Waals surface area (Å²) in [6.07, 6.45) is 0. The van der Waals surface area contributed by atoms with Gasteiger partial charge in [-0.1, -0.05) is 30.3 Å². The Hall–Kier alpha value is -1.74. The van der Waals surface area contributed by atoms with Gasteiger partial charge in [-0.15, -0.1) is 12.6 Å². The van der Waals surface area contributed by atoms with E-state index in [0.29, 0.717) is 12.1 Å². The van der Waals surface area contributed by atoms with Gasteiger partial charge in [0.05, 0.1) is 0 Å². The molecule has 0 atom stereocenters. The average molecular weight is 257 g/mol.